The summed E-state index contributed by atoms with van der Waals surface area (Å²) in [5.41, 5.74) is 1.13. The Bertz CT molecular complexity index is 149. The first-order valence-corrected chi connectivity index (χ1v) is 4.52. The van der Waals surface area contributed by atoms with Crippen LogP contribution in [-0.4, -0.2) is 25.5 Å². The minimum absolute atomic E-state index is 0.566. The predicted octanol–water partition coefficient (Wildman–Crippen LogP) is 2.37. The predicted molar refractivity (Wildman–Crippen MR) is 49.7 cm³/mol. The number of nitrogens with zero attached hydrogens (tertiary/aromatic N) is 1. The minimum Gasteiger partial charge on any atom is -0.309 e. The van der Waals surface area contributed by atoms with Crippen LogP contribution in [-0.2, 0) is 0 Å². The zero-order valence-electron chi connectivity index (χ0n) is 8.57. The van der Waals surface area contributed by atoms with E-state index in [9.17, 15) is 0 Å². The Morgan fingerprint density at radius 2 is 1.64 bits per heavy atom. The van der Waals surface area contributed by atoms with Gasteiger partial charge in [-0.1, -0.05) is 20.8 Å². The summed E-state index contributed by atoms with van der Waals surface area (Å²) >= 11 is 0. The van der Waals surface area contributed by atoms with Gasteiger partial charge in [0.15, 0.2) is 0 Å². The van der Waals surface area contributed by atoms with Crippen LogP contribution in [0.25, 0.3) is 0 Å². The highest BCUT2D eigenvalue weighted by Gasteiger charge is 2.48. The van der Waals surface area contributed by atoms with Crippen molar-refractivity contribution in [2.24, 2.45) is 10.8 Å². The molecule has 0 aromatic rings. The Kier molecular flexibility index (Phi) is 2.04. The summed E-state index contributed by atoms with van der Waals surface area (Å²) in [6, 6.07) is 0. The third kappa shape index (κ3) is 1.44. The Morgan fingerprint density at radius 3 is 1.73 bits per heavy atom. The summed E-state index contributed by atoms with van der Waals surface area (Å²) in [4.78, 5) is 2.31. The third-order valence-corrected chi connectivity index (χ3v) is 3.60. The van der Waals surface area contributed by atoms with E-state index in [-0.39, 0.29) is 0 Å². The van der Waals surface area contributed by atoms with Crippen LogP contribution in [0.3, 0.4) is 0 Å². The van der Waals surface area contributed by atoms with Gasteiger partial charge in [0.2, 0.25) is 0 Å². The van der Waals surface area contributed by atoms with Crippen molar-refractivity contribution in [1.82, 2.24) is 4.90 Å². The van der Waals surface area contributed by atoms with Gasteiger partial charge in [0.05, 0.1) is 0 Å². The molecule has 1 fully saturated rings. The largest absolute Gasteiger partial charge is 0.309 e. The SMILES string of the molecule is CN(C)CC1(C)CCC1(C)C. The number of hydrogen-bond donors (Lipinski definition) is 0. The van der Waals surface area contributed by atoms with Gasteiger partial charge in [0.25, 0.3) is 0 Å². The topological polar surface area (TPSA) is 3.24 Å². The number of rotatable bonds is 2. The van der Waals surface area contributed by atoms with Gasteiger partial charge in [-0.25, -0.2) is 0 Å². The first-order valence-electron chi connectivity index (χ1n) is 4.52. The Balaban J connectivity index is 2.55. The van der Waals surface area contributed by atoms with E-state index in [2.05, 4.69) is 39.8 Å². The molecule has 0 N–H and O–H groups in total. The van der Waals surface area contributed by atoms with Crippen molar-refractivity contribution in [3.63, 3.8) is 0 Å². The molecule has 11 heavy (non-hydrogen) atoms. The van der Waals surface area contributed by atoms with Crippen molar-refractivity contribution in [1.29, 1.82) is 0 Å². The molecule has 66 valence electrons. The normalized spacial score (nSPS) is 35.5. The second kappa shape index (κ2) is 2.48. The van der Waals surface area contributed by atoms with Gasteiger partial charge in [0, 0.05) is 6.54 Å². The van der Waals surface area contributed by atoms with E-state index in [1.165, 1.54) is 19.4 Å². The van der Waals surface area contributed by atoms with Crippen molar-refractivity contribution in [2.45, 2.75) is 33.6 Å². The van der Waals surface area contributed by atoms with Crippen LogP contribution < -0.4 is 0 Å². The maximum absolute atomic E-state index is 2.41. The van der Waals surface area contributed by atoms with Crippen LogP contribution in [0.4, 0.5) is 0 Å². The second-order valence-electron chi connectivity index (χ2n) is 5.18. The van der Waals surface area contributed by atoms with Crippen molar-refractivity contribution in [3.8, 4) is 0 Å². The molecule has 0 radical (unpaired) electrons. The summed E-state index contributed by atoms with van der Waals surface area (Å²) in [7, 11) is 4.33. The molecule has 1 nitrogen and oxygen atoms in total. The zero-order valence-corrected chi connectivity index (χ0v) is 8.57. The standard InChI is InChI=1S/C10H21N/c1-9(2)6-7-10(9,3)8-11(4)5/h6-8H2,1-5H3. The molecule has 1 rings (SSSR count). The van der Waals surface area contributed by atoms with E-state index in [0.29, 0.717) is 10.8 Å². The summed E-state index contributed by atoms with van der Waals surface area (Å²) in [6.45, 7) is 8.43. The van der Waals surface area contributed by atoms with Gasteiger partial charge >= 0.3 is 0 Å². The fourth-order valence-electron chi connectivity index (χ4n) is 2.04. The monoisotopic (exact) mass is 155 g/mol. The lowest BCUT2D eigenvalue weighted by Gasteiger charge is -2.55. The van der Waals surface area contributed by atoms with E-state index >= 15 is 0 Å². The van der Waals surface area contributed by atoms with Crippen molar-refractivity contribution in [2.75, 3.05) is 20.6 Å². The lowest BCUT2D eigenvalue weighted by molar-refractivity contribution is -0.0517. The lowest BCUT2D eigenvalue weighted by Crippen LogP contribution is -2.50. The first-order chi connectivity index (χ1) is 4.87. The molecule has 0 spiro atoms. The molecule has 1 unspecified atom stereocenters. The molecule has 0 aromatic heterocycles. The van der Waals surface area contributed by atoms with Gasteiger partial charge in [-0.3, -0.25) is 0 Å². The molecular weight excluding hydrogens is 134 g/mol. The van der Waals surface area contributed by atoms with Crippen LogP contribution in [0.2, 0.25) is 0 Å². The van der Waals surface area contributed by atoms with Gasteiger partial charge in [-0.15, -0.1) is 0 Å². The Labute approximate surface area is 70.8 Å². The molecule has 1 aliphatic carbocycles. The maximum Gasteiger partial charge on any atom is 0.00343 e. The van der Waals surface area contributed by atoms with Crippen LogP contribution >= 0.6 is 0 Å². The van der Waals surface area contributed by atoms with Crippen molar-refractivity contribution >= 4 is 0 Å². The van der Waals surface area contributed by atoms with E-state index in [1.54, 1.807) is 0 Å². The highest BCUT2D eigenvalue weighted by atomic mass is 15.1. The average molecular weight is 155 g/mol. The zero-order chi connectivity index (χ0) is 8.70. The quantitative estimate of drug-likeness (QED) is 0.592. The summed E-state index contributed by atoms with van der Waals surface area (Å²) in [5.74, 6) is 0. The van der Waals surface area contributed by atoms with Gasteiger partial charge in [-0.2, -0.15) is 0 Å². The molecule has 1 saturated carbocycles. The highest BCUT2D eigenvalue weighted by Crippen LogP contribution is 2.56. The van der Waals surface area contributed by atoms with Crippen LogP contribution in [0.1, 0.15) is 33.6 Å². The molecule has 1 atom stereocenters. The fourth-order valence-corrected chi connectivity index (χ4v) is 2.04. The maximum atomic E-state index is 2.41. The van der Waals surface area contributed by atoms with E-state index in [0.717, 1.165) is 0 Å². The van der Waals surface area contributed by atoms with E-state index < -0.39 is 0 Å². The summed E-state index contributed by atoms with van der Waals surface area (Å²) in [5, 5.41) is 0. The van der Waals surface area contributed by atoms with Crippen molar-refractivity contribution < 1.29 is 0 Å². The smallest absolute Gasteiger partial charge is 0.00343 e. The Hall–Kier alpha value is -0.0400. The molecule has 0 saturated heterocycles. The fraction of sp³-hybridized carbons (Fsp3) is 1.00. The van der Waals surface area contributed by atoms with Gasteiger partial charge in [-0.05, 0) is 37.8 Å². The average Bonchev–Trinajstić information content (AvgIpc) is 1.84. The summed E-state index contributed by atoms with van der Waals surface area (Å²) in [6.07, 6.45) is 2.80. The van der Waals surface area contributed by atoms with Crippen LogP contribution in [0.5, 0.6) is 0 Å². The van der Waals surface area contributed by atoms with Crippen LogP contribution in [0.15, 0.2) is 0 Å². The van der Waals surface area contributed by atoms with Crippen LogP contribution in [0, 0.1) is 10.8 Å². The molecule has 1 aliphatic rings. The second-order valence-corrected chi connectivity index (χ2v) is 5.18. The highest BCUT2D eigenvalue weighted by molar-refractivity contribution is 4.99. The van der Waals surface area contributed by atoms with Crippen molar-refractivity contribution in [3.05, 3.63) is 0 Å². The molecule has 0 aliphatic heterocycles. The molecular formula is C10H21N. The van der Waals surface area contributed by atoms with Gasteiger partial charge in [0.1, 0.15) is 0 Å². The molecule has 1 heteroatoms. The molecule has 0 heterocycles. The molecule has 0 aromatic carbocycles. The van der Waals surface area contributed by atoms with E-state index in [1.807, 2.05) is 0 Å². The molecule has 0 bridgehead atoms. The summed E-state index contributed by atoms with van der Waals surface area (Å²) < 4.78 is 0. The van der Waals surface area contributed by atoms with E-state index in [4.69, 9.17) is 0 Å². The first kappa shape index (κ1) is 9.05. The van der Waals surface area contributed by atoms with Gasteiger partial charge < -0.3 is 4.90 Å². The molecule has 0 amide bonds. The third-order valence-electron chi connectivity index (χ3n) is 3.60. The Morgan fingerprint density at radius 1 is 1.09 bits per heavy atom. The lowest BCUT2D eigenvalue weighted by atomic mass is 9.52. The number of hydrogen-bond acceptors (Lipinski definition) is 1. The minimum atomic E-state index is 0.566.